The number of ketones is 1. The van der Waals surface area contributed by atoms with Crippen LogP contribution in [0, 0.1) is 5.92 Å². The van der Waals surface area contributed by atoms with Crippen molar-refractivity contribution in [3.8, 4) is 0 Å². The quantitative estimate of drug-likeness (QED) is 0.650. The van der Waals surface area contributed by atoms with Crippen LogP contribution >= 0.6 is 15.9 Å². The summed E-state index contributed by atoms with van der Waals surface area (Å²) in [6, 6.07) is 0. The molecular formula is C15H27BrO. The van der Waals surface area contributed by atoms with Crippen LogP contribution in [0.4, 0.5) is 0 Å². The van der Waals surface area contributed by atoms with Crippen molar-refractivity contribution in [2.24, 2.45) is 5.92 Å². The Labute approximate surface area is 115 Å². The van der Waals surface area contributed by atoms with Crippen molar-refractivity contribution in [1.29, 1.82) is 0 Å². The van der Waals surface area contributed by atoms with E-state index in [0.717, 1.165) is 37.4 Å². The number of hydrogen-bond donors (Lipinski definition) is 0. The fourth-order valence-electron chi connectivity index (χ4n) is 2.74. The normalized spacial score (nSPS) is 25.0. The molecule has 2 heteroatoms. The second-order valence-corrected chi connectivity index (χ2v) is 6.15. The van der Waals surface area contributed by atoms with E-state index < -0.39 is 0 Å². The van der Waals surface area contributed by atoms with Crippen molar-refractivity contribution in [3.63, 3.8) is 0 Å². The third-order valence-corrected chi connectivity index (χ3v) is 4.43. The Morgan fingerprint density at radius 1 is 0.941 bits per heavy atom. The lowest BCUT2D eigenvalue weighted by molar-refractivity contribution is -0.123. The standard InChI is InChI=1S/C15H27BrO/c16-13-9-11-14-10-7-5-3-1-2-4-6-8-12-15(14)17/h14H,1-13H2. The maximum atomic E-state index is 12.1. The Kier molecular flexibility index (Phi) is 9.04. The van der Waals surface area contributed by atoms with Crippen LogP contribution < -0.4 is 0 Å². The molecule has 0 aromatic heterocycles. The van der Waals surface area contributed by atoms with Crippen molar-refractivity contribution in [3.05, 3.63) is 0 Å². The minimum Gasteiger partial charge on any atom is -0.299 e. The molecule has 100 valence electrons. The van der Waals surface area contributed by atoms with Gasteiger partial charge < -0.3 is 0 Å². The van der Waals surface area contributed by atoms with Crippen LogP contribution in [0.3, 0.4) is 0 Å². The minimum absolute atomic E-state index is 0.368. The molecule has 1 nitrogen and oxygen atoms in total. The van der Waals surface area contributed by atoms with E-state index in [9.17, 15) is 4.79 Å². The summed E-state index contributed by atoms with van der Waals surface area (Å²) in [6.07, 6.45) is 14.7. The Balaban J connectivity index is 2.36. The summed E-state index contributed by atoms with van der Waals surface area (Å²) in [6.45, 7) is 0. The summed E-state index contributed by atoms with van der Waals surface area (Å²) in [7, 11) is 0. The molecule has 0 aromatic rings. The van der Waals surface area contributed by atoms with Gasteiger partial charge in [-0.1, -0.05) is 60.9 Å². The molecule has 1 unspecified atom stereocenters. The zero-order valence-corrected chi connectivity index (χ0v) is 12.6. The van der Waals surface area contributed by atoms with Crippen molar-refractivity contribution in [2.45, 2.75) is 77.0 Å². The molecule has 0 aromatic carbocycles. The maximum Gasteiger partial charge on any atom is 0.135 e. The van der Waals surface area contributed by atoms with Gasteiger partial charge in [0.15, 0.2) is 0 Å². The van der Waals surface area contributed by atoms with Crippen molar-refractivity contribution in [1.82, 2.24) is 0 Å². The van der Waals surface area contributed by atoms with Crippen LogP contribution in [0.15, 0.2) is 0 Å². The molecule has 1 saturated carbocycles. The first-order valence-corrected chi connectivity index (χ1v) is 8.55. The van der Waals surface area contributed by atoms with Crippen LogP contribution in [0.5, 0.6) is 0 Å². The van der Waals surface area contributed by atoms with E-state index >= 15 is 0 Å². The zero-order chi connectivity index (χ0) is 12.3. The van der Waals surface area contributed by atoms with Crippen LogP contribution in [-0.2, 0) is 4.79 Å². The SMILES string of the molecule is O=C1CCCCCCCCCCC1CCCBr. The van der Waals surface area contributed by atoms with Crippen LogP contribution in [0.25, 0.3) is 0 Å². The van der Waals surface area contributed by atoms with Gasteiger partial charge in [0.25, 0.3) is 0 Å². The van der Waals surface area contributed by atoms with Crippen LogP contribution in [-0.4, -0.2) is 11.1 Å². The summed E-state index contributed by atoms with van der Waals surface area (Å²) in [5.74, 6) is 0.915. The van der Waals surface area contributed by atoms with Gasteiger partial charge >= 0.3 is 0 Å². The van der Waals surface area contributed by atoms with Gasteiger partial charge in [0.2, 0.25) is 0 Å². The van der Waals surface area contributed by atoms with E-state index in [2.05, 4.69) is 15.9 Å². The topological polar surface area (TPSA) is 17.1 Å². The Morgan fingerprint density at radius 2 is 1.53 bits per heavy atom. The summed E-state index contributed by atoms with van der Waals surface area (Å²) in [5, 5.41) is 1.04. The van der Waals surface area contributed by atoms with E-state index in [4.69, 9.17) is 0 Å². The average Bonchev–Trinajstić information content (AvgIpc) is 2.33. The maximum absolute atomic E-state index is 12.1. The molecule has 1 aliphatic rings. The molecule has 0 aliphatic heterocycles. The number of Topliss-reactive ketones (excluding diaryl/α,β-unsaturated/α-hetero) is 1. The molecular weight excluding hydrogens is 276 g/mol. The Morgan fingerprint density at radius 3 is 2.18 bits per heavy atom. The number of alkyl halides is 1. The third kappa shape index (κ3) is 7.23. The molecule has 0 bridgehead atoms. The van der Waals surface area contributed by atoms with Crippen LogP contribution in [0.2, 0.25) is 0 Å². The van der Waals surface area contributed by atoms with E-state index in [-0.39, 0.29) is 0 Å². The van der Waals surface area contributed by atoms with Gasteiger partial charge in [-0.15, -0.1) is 0 Å². The largest absolute Gasteiger partial charge is 0.299 e. The van der Waals surface area contributed by atoms with Crippen molar-refractivity contribution in [2.75, 3.05) is 5.33 Å². The van der Waals surface area contributed by atoms with Crippen molar-refractivity contribution < 1.29 is 4.79 Å². The molecule has 1 rings (SSSR count). The molecule has 0 radical (unpaired) electrons. The van der Waals surface area contributed by atoms with Gasteiger partial charge in [-0.25, -0.2) is 0 Å². The second-order valence-electron chi connectivity index (χ2n) is 5.36. The first-order chi connectivity index (χ1) is 8.34. The smallest absolute Gasteiger partial charge is 0.135 e. The van der Waals surface area contributed by atoms with Crippen molar-refractivity contribution >= 4 is 21.7 Å². The molecule has 0 N–H and O–H groups in total. The number of halogens is 1. The highest BCUT2D eigenvalue weighted by molar-refractivity contribution is 9.09. The fraction of sp³-hybridized carbons (Fsp3) is 0.933. The van der Waals surface area contributed by atoms with E-state index in [0.29, 0.717) is 11.7 Å². The third-order valence-electron chi connectivity index (χ3n) is 3.87. The monoisotopic (exact) mass is 302 g/mol. The molecule has 1 aliphatic carbocycles. The van der Waals surface area contributed by atoms with Crippen LogP contribution in [0.1, 0.15) is 77.0 Å². The predicted molar refractivity (Wildman–Crippen MR) is 77.7 cm³/mol. The highest BCUT2D eigenvalue weighted by Gasteiger charge is 2.17. The minimum atomic E-state index is 0.368. The molecule has 17 heavy (non-hydrogen) atoms. The molecule has 0 saturated heterocycles. The number of hydrogen-bond acceptors (Lipinski definition) is 1. The Bertz CT molecular complexity index is 203. The Hall–Kier alpha value is 0.150. The van der Waals surface area contributed by atoms with E-state index in [1.807, 2.05) is 0 Å². The summed E-state index contributed by atoms with van der Waals surface area (Å²) in [5.41, 5.74) is 0. The van der Waals surface area contributed by atoms with Gasteiger partial charge in [-0.2, -0.15) is 0 Å². The summed E-state index contributed by atoms with van der Waals surface area (Å²) in [4.78, 5) is 12.1. The lowest BCUT2D eigenvalue weighted by Crippen LogP contribution is -2.15. The van der Waals surface area contributed by atoms with E-state index in [1.54, 1.807) is 0 Å². The lowest BCUT2D eigenvalue weighted by atomic mass is 9.89. The van der Waals surface area contributed by atoms with Gasteiger partial charge in [-0.3, -0.25) is 4.79 Å². The predicted octanol–water partition coefficient (Wildman–Crippen LogP) is 5.26. The average molecular weight is 303 g/mol. The first kappa shape index (κ1) is 15.2. The first-order valence-electron chi connectivity index (χ1n) is 7.43. The summed E-state index contributed by atoms with van der Waals surface area (Å²) >= 11 is 3.47. The molecule has 0 heterocycles. The van der Waals surface area contributed by atoms with Gasteiger partial charge in [0.1, 0.15) is 5.78 Å². The second kappa shape index (κ2) is 10.1. The molecule has 0 spiro atoms. The number of rotatable bonds is 3. The molecule has 1 fully saturated rings. The molecule has 1 atom stereocenters. The molecule has 0 amide bonds. The lowest BCUT2D eigenvalue weighted by Gasteiger charge is -2.16. The summed E-state index contributed by atoms with van der Waals surface area (Å²) < 4.78 is 0. The number of carbonyl (C=O) groups excluding carboxylic acids is 1. The fourth-order valence-corrected chi connectivity index (χ4v) is 3.07. The zero-order valence-electron chi connectivity index (χ0n) is 11.1. The highest BCUT2D eigenvalue weighted by Crippen LogP contribution is 2.22. The van der Waals surface area contributed by atoms with Gasteiger partial charge in [-0.05, 0) is 25.7 Å². The van der Waals surface area contributed by atoms with Gasteiger partial charge in [0.05, 0.1) is 0 Å². The number of carbonyl (C=O) groups is 1. The van der Waals surface area contributed by atoms with Gasteiger partial charge in [0, 0.05) is 17.7 Å². The highest BCUT2D eigenvalue weighted by atomic mass is 79.9. The van der Waals surface area contributed by atoms with E-state index in [1.165, 1.54) is 44.9 Å².